The molecule has 178 valence electrons. The lowest BCUT2D eigenvalue weighted by molar-refractivity contribution is 0.199. The van der Waals surface area contributed by atoms with Gasteiger partial charge >= 0.3 is 0 Å². The number of rotatable bonds is 7. The van der Waals surface area contributed by atoms with Crippen LogP contribution in [0.15, 0.2) is 62.8 Å². The van der Waals surface area contributed by atoms with Crippen molar-refractivity contribution in [1.29, 1.82) is 0 Å². The van der Waals surface area contributed by atoms with Crippen LogP contribution >= 0.6 is 12.4 Å². The second kappa shape index (κ2) is 10.7. The number of hydrogen-bond acceptors (Lipinski definition) is 5. The Morgan fingerprint density at radius 2 is 1.82 bits per heavy atom. The molecule has 3 aromatic rings. The van der Waals surface area contributed by atoms with Gasteiger partial charge in [0.2, 0.25) is 5.09 Å². The predicted molar refractivity (Wildman–Crippen MR) is 131 cm³/mol. The molecule has 1 saturated heterocycles. The molecule has 4 rings (SSSR count). The van der Waals surface area contributed by atoms with Gasteiger partial charge in [0.15, 0.2) is 0 Å². The zero-order chi connectivity index (χ0) is 22.7. The van der Waals surface area contributed by atoms with Gasteiger partial charge in [0.25, 0.3) is 15.6 Å². The lowest BCUT2D eigenvalue weighted by Crippen LogP contribution is -2.44. The van der Waals surface area contributed by atoms with E-state index < -0.39 is 10.0 Å². The minimum atomic E-state index is -3.77. The molecule has 0 aliphatic carbocycles. The van der Waals surface area contributed by atoms with Crippen LogP contribution in [0.2, 0.25) is 0 Å². The molecular formula is C24H30ClN3O4S. The number of halogens is 1. The number of nitrogens with zero attached hydrogens (tertiary/aromatic N) is 1. The van der Waals surface area contributed by atoms with Gasteiger partial charge in [0.05, 0.1) is 0 Å². The standard InChI is InChI=1S/C24H29N3O4S.ClH/c1-3-19-15-21(17(2)25-24(19)28)22-9-10-23(31-22)32(29,30)26-20-11-13-27(14-12-20)16-18-7-5-4-6-8-18;/h4-10,15,20,26H,3,11-14,16H2,1-2H3,(H,25,28);1H. The van der Waals surface area contributed by atoms with E-state index in [2.05, 4.69) is 26.7 Å². The first kappa shape index (κ1) is 25.2. The highest BCUT2D eigenvalue weighted by atomic mass is 35.5. The Kier molecular flexibility index (Phi) is 8.18. The minimum absolute atomic E-state index is 0. The Labute approximate surface area is 200 Å². The number of nitrogens with one attached hydrogen (secondary N) is 2. The van der Waals surface area contributed by atoms with Crippen molar-refractivity contribution in [2.75, 3.05) is 13.1 Å². The number of likely N-dealkylation sites (tertiary alicyclic amines) is 1. The van der Waals surface area contributed by atoms with Crippen LogP contribution in [0.25, 0.3) is 11.3 Å². The van der Waals surface area contributed by atoms with Crippen molar-refractivity contribution in [2.24, 2.45) is 0 Å². The Morgan fingerprint density at radius 3 is 2.48 bits per heavy atom. The summed E-state index contributed by atoms with van der Waals surface area (Å²) in [5.74, 6) is 0.423. The SMILES string of the molecule is CCc1cc(-c2ccc(S(=O)(=O)NC3CCN(Cc4ccccc4)CC3)o2)c(C)[nH]c1=O.Cl. The molecule has 0 atom stereocenters. The van der Waals surface area contributed by atoms with E-state index in [4.69, 9.17) is 4.42 Å². The molecule has 0 bridgehead atoms. The second-order valence-corrected chi connectivity index (χ2v) is 9.94. The van der Waals surface area contributed by atoms with Gasteiger partial charge in [0, 0.05) is 42.5 Å². The molecule has 2 N–H and O–H groups in total. The molecule has 1 aliphatic heterocycles. The highest BCUT2D eigenvalue weighted by Gasteiger charge is 2.27. The lowest BCUT2D eigenvalue weighted by Gasteiger charge is -2.32. The summed E-state index contributed by atoms with van der Waals surface area (Å²) in [4.78, 5) is 17.1. The van der Waals surface area contributed by atoms with E-state index in [9.17, 15) is 13.2 Å². The van der Waals surface area contributed by atoms with Gasteiger partial charge in [-0.25, -0.2) is 13.1 Å². The monoisotopic (exact) mass is 491 g/mol. The summed E-state index contributed by atoms with van der Waals surface area (Å²) in [5, 5.41) is -0.108. The zero-order valence-corrected chi connectivity index (χ0v) is 20.5. The fraction of sp³-hybridized carbons (Fsp3) is 0.375. The average molecular weight is 492 g/mol. The number of piperidine rings is 1. The zero-order valence-electron chi connectivity index (χ0n) is 18.8. The van der Waals surface area contributed by atoms with Gasteiger partial charge in [-0.1, -0.05) is 37.3 Å². The van der Waals surface area contributed by atoms with Crippen molar-refractivity contribution in [3.05, 3.63) is 75.7 Å². The van der Waals surface area contributed by atoms with E-state index in [0.29, 0.717) is 29.0 Å². The van der Waals surface area contributed by atoms with Crippen molar-refractivity contribution >= 4 is 22.4 Å². The van der Waals surface area contributed by atoms with Gasteiger partial charge in [-0.2, -0.15) is 0 Å². The molecule has 3 heterocycles. The summed E-state index contributed by atoms with van der Waals surface area (Å²) < 4.78 is 34.3. The van der Waals surface area contributed by atoms with Crippen LogP contribution in [-0.4, -0.2) is 37.4 Å². The Bertz CT molecular complexity index is 1230. The summed E-state index contributed by atoms with van der Waals surface area (Å²) in [5.41, 5.74) is 3.10. The number of aromatic amines is 1. The van der Waals surface area contributed by atoms with Gasteiger partial charge in [0.1, 0.15) is 5.76 Å². The Balaban J connectivity index is 0.00000306. The number of aryl methyl sites for hydroxylation is 2. The molecule has 1 aliphatic rings. The van der Waals surface area contributed by atoms with E-state index >= 15 is 0 Å². The van der Waals surface area contributed by atoms with Crippen LogP contribution < -0.4 is 10.3 Å². The number of sulfonamides is 1. The summed E-state index contributed by atoms with van der Waals surface area (Å²) in [6.45, 7) is 6.22. The van der Waals surface area contributed by atoms with Crippen LogP contribution in [0, 0.1) is 6.92 Å². The molecule has 1 aromatic carbocycles. The molecule has 0 spiro atoms. The highest BCUT2D eigenvalue weighted by molar-refractivity contribution is 7.89. The lowest BCUT2D eigenvalue weighted by atomic mass is 10.1. The predicted octanol–water partition coefficient (Wildman–Crippen LogP) is 3.87. The Morgan fingerprint density at radius 1 is 1.12 bits per heavy atom. The molecule has 1 fully saturated rings. The summed E-state index contributed by atoms with van der Waals surface area (Å²) in [6.07, 6.45) is 2.08. The van der Waals surface area contributed by atoms with Crippen LogP contribution in [0.1, 0.15) is 36.6 Å². The molecule has 0 amide bonds. The molecule has 0 radical (unpaired) electrons. The molecule has 2 aromatic heterocycles. The van der Waals surface area contributed by atoms with Crippen molar-refractivity contribution in [2.45, 2.75) is 50.8 Å². The molecule has 33 heavy (non-hydrogen) atoms. The third-order valence-corrected chi connectivity index (χ3v) is 7.36. The number of H-pyrrole nitrogens is 1. The molecule has 9 heteroatoms. The largest absolute Gasteiger partial charge is 0.443 e. The van der Waals surface area contributed by atoms with Crippen LogP contribution in [0.4, 0.5) is 0 Å². The fourth-order valence-electron chi connectivity index (χ4n) is 4.12. The van der Waals surface area contributed by atoms with E-state index in [1.807, 2.05) is 25.1 Å². The van der Waals surface area contributed by atoms with Crippen LogP contribution in [0.3, 0.4) is 0 Å². The number of pyridine rings is 1. The number of benzene rings is 1. The number of hydrogen-bond donors (Lipinski definition) is 2. The van der Waals surface area contributed by atoms with Gasteiger partial charge in [-0.3, -0.25) is 9.69 Å². The fourth-order valence-corrected chi connectivity index (χ4v) is 5.36. The van der Waals surface area contributed by atoms with E-state index in [1.165, 1.54) is 11.6 Å². The quantitative estimate of drug-likeness (QED) is 0.523. The van der Waals surface area contributed by atoms with E-state index in [-0.39, 0.29) is 29.1 Å². The summed E-state index contributed by atoms with van der Waals surface area (Å²) in [6, 6.07) is 15.0. The Hall–Kier alpha value is -2.39. The average Bonchev–Trinajstić information content (AvgIpc) is 3.27. The first-order chi connectivity index (χ1) is 15.4. The van der Waals surface area contributed by atoms with E-state index in [0.717, 1.165) is 32.5 Å². The number of furan rings is 1. The first-order valence-corrected chi connectivity index (χ1v) is 12.5. The van der Waals surface area contributed by atoms with Gasteiger partial charge in [-0.05, 0) is 49.9 Å². The van der Waals surface area contributed by atoms with Crippen molar-refractivity contribution in [1.82, 2.24) is 14.6 Å². The van der Waals surface area contributed by atoms with Crippen molar-refractivity contribution < 1.29 is 12.8 Å². The minimum Gasteiger partial charge on any atom is -0.443 e. The third kappa shape index (κ3) is 5.95. The molecular weight excluding hydrogens is 462 g/mol. The van der Waals surface area contributed by atoms with E-state index in [1.54, 1.807) is 19.1 Å². The van der Waals surface area contributed by atoms with Crippen molar-refractivity contribution in [3.8, 4) is 11.3 Å². The second-order valence-electron chi connectivity index (χ2n) is 8.29. The third-order valence-electron chi connectivity index (χ3n) is 5.97. The van der Waals surface area contributed by atoms with Gasteiger partial charge in [-0.15, -0.1) is 12.4 Å². The maximum Gasteiger partial charge on any atom is 0.274 e. The maximum atomic E-state index is 12.9. The molecule has 0 unspecified atom stereocenters. The number of aromatic nitrogens is 1. The maximum absolute atomic E-state index is 12.9. The van der Waals surface area contributed by atoms with Crippen LogP contribution in [-0.2, 0) is 23.0 Å². The molecule has 7 nitrogen and oxygen atoms in total. The first-order valence-electron chi connectivity index (χ1n) is 11.0. The van der Waals surface area contributed by atoms with Gasteiger partial charge < -0.3 is 9.40 Å². The van der Waals surface area contributed by atoms with Crippen molar-refractivity contribution in [3.63, 3.8) is 0 Å². The summed E-state index contributed by atoms with van der Waals surface area (Å²) in [7, 11) is -3.77. The smallest absolute Gasteiger partial charge is 0.274 e. The summed E-state index contributed by atoms with van der Waals surface area (Å²) >= 11 is 0. The molecule has 0 saturated carbocycles. The highest BCUT2D eigenvalue weighted by Crippen LogP contribution is 2.27. The van der Waals surface area contributed by atoms with Crippen LogP contribution in [0.5, 0.6) is 0 Å². The topological polar surface area (TPSA) is 95.4 Å². The normalized spacial score (nSPS) is 15.3.